The molecule has 0 saturated heterocycles. The molecule has 0 saturated carbocycles. The average molecular weight is 824 g/mol. The number of benzene rings is 5. The predicted octanol–water partition coefficient (Wildman–Crippen LogP) is 14.1. The number of hydrogen-bond donors (Lipinski definition) is 0. The van der Waals surface area contributed by atoms with E-state index in [9.17, 15) is 20.6 Å². The van der Waals surface area contributed by atoms with Crippen molar-refractivity contribution in [3.63, 3.8) is 0 Å². The van der Waals surface area contributed by atoms with Crippen molar-refractivity contribution in [2.75, 3.05) is 9.80 Å². The molecule has 60 heavy (non-hydrogen) atoms. The second-order valence-corrected chi connectivity index (χ2v) is 22.0. The fourth-order valence-electron chi connectivity index (χ4n) is 8.50. The van der Waals surface area contributed by atoms with Crippen LogP contribution >= 0.6 is 11.3 Å². The lowest BCUT2D eigenvalue weighted by Crippen LogP contribution is -2.60. The first kappa shape index (κ1) is 24.4. The Hall–Kier alpha value is -5.00. The maximum atomic E-state index is 10.6. The molecular formula is C55H59BN2OS. The molecule has 0 bridgehead atoms. The molecule has 0 radical (unpaired) electrons. The van der Waals surface area contributed by atoms with Crippen molar-refractivity contribution in [2.24, 2.45) is 0 Å². The number of furan rings is 1. The third-order valence-electron chi connectivity index (χ3n) is 11.9. The number of anilines is 6. The fraction of sp³-hybridized carbons (Fsp3) is 0.345. The van der Waals surface area contributed by atoms with Gasteiger partial charge in [-0.15, -0.1) is 11.3 Å². The molecule has 0 spiro atoms. The van der Waals surface area contributed by atoms with E-state index in [0.717, 1.165) is 11.3 Å². The van der Waals surface area contributed by atoms with Gasteiger partial charge in [0.2, 0.25) is 0 Å². The standard InChI is InChI=1S/C55H59BN2OS/c1-51(2,3)32-19-24-36(25-20-32)57-41-30-35(54(10,11)12)31-42-46(41)56(49-47(57)44-38-17-15-16-18-40(38)55(13,14)48(44)59-49)45-39-29-34(53(7,8)9)23-28-43(39)60-50(45)58(42)37-26-21-33(22-27-37)52(4,5)6/h15-31H,1-14H3/i15D,16D,17D,18D,19D,20D,21D,22D,23D,24D,25D,26D,27D,28D,29D,30D,31D. The molecule has 0 atom stereocenters. The zero-order chi connectivity index (χ0) is 57.4. The average Bonchev–Trinajstić information content (AvgIpc) is 3.95. The Labute approximate surface area is 386 Å². The summed E-state index contributed by atoms with van der Waals surface area (Å²) in [6, 6.07) is -6.33. The topological polar surface area (TPSA) is 19.6 Å². The van der Waals surface area contributed by atoms with Gasteiger partial charge in [0.25, 0.3) is 6.71 Å². The highest BCUT2D eigenvalue weighted by Crippen LogP contribution is 2.57. The first-order chi connectivity index (χ1) is 35.2. The lowest BCUT2D eigenvalue weighted by atomic mass is 9.35. The molecule has 10 rings (SSSR count). The first-order valence-corrected chi connectivity index (χ1v) is 21.3. The molecule has 3 aliphatic rings. The second kappa shape index (κ2) is 12.5. The molecule has 0 amide bonds. The third kappa shape index (κ3) is 5.67. The summed E-state index contributed by atoms with van der Waals surface area (Å²) < 4.78 is 173. The fourth-order valence-corrected chi connectivity index (χ4v) is 9.66. The lowest BCUT2D eigenvalue weighted by molar-refractivity contribution is 0.457. The number of hydrogen-bond acceptors (Lipinski definition) is 4. The molecule has 304 valence electrons. The zero-order valence-electron chi connectivity index (χ0n) is 53.8. The van der Waals surface area contributed by atoms with Gasteiger partial charge in [-0.1, -0.05) is 144 Å². The highest BCUT2D eigenvalue weighted by atomic mass is 32.1. The number of rotatable bonds is 2. The van der Waals surface area contributed by atoms with Crippen molar-refractivity contribution in [1.29, 1.82) is 0 Å². The van der Waals surface area contributed by atoms with Crippen LogP contribution in [0.2, 0.25) is 0 Å². The molecule has 4 heterocycles. The summed E-state index contributed by atoms with van der Waals surface area (Å²) in [7, 11) is 0. The zero-order valence-corrected chi connectivity index (χ0v) is 37.6. The quantitative estimate of drug-likeness (QED) is 0.162. The van der Waals surface area contributed by atoms with E-state index in [-0.39, 0.29) is 165 Å². The Bertz CT molecular complexity index is 3830. The maximum Gasteiger partial charge on any atom is 0.298 e. The van der Waals surface area contributed by atoms with Gasteiger partial charge in [0.15, 0.2) is 0 Å². The van der Waals surface area contributed by atoms with E-state index in [4.69, 9.17) is 7.16 Å². The molecule has 1 aliphatic carbocycles. The summed E-state index contributed by atoms with van der Waals surface area (Å²) in [5.41, 5.74) is -4.49. The molecular weight excluding hydrogens is 747 g/mol. The van der Waals surface area contributed by atoms with E-state index in [1.807, 2.05) is 20.8 Å². The van der Waals surface area contributed by atoms with Gasteiger partial charge in [0.05, 0.1) is 39.7 Å². The molecule has 2 aromatic heterocycles. The van der Waals surface area contributed by atoms with Gasteiger partial charge in [-0.25, -0.2) is 0 Å². The molecule has 7 aromatic rings. The Morgan fingerprint density at radius 3 is 1.67 bits per heavy atom. The third-order valence-corrected chi connectivity index (χ3v) is 13.0. The van der Waals surface area contributed by atoms with Crippen molar-refractivity contribution in [1.82, 2.24) is 0 Å². The van der Waals surface area contributed by atoms with E-state index in [1.165, 1.54) is 9.80 Å². The minimum absolute atomic E-state index is 0.0235. The van der Waals surface area contributed by atoms with Crippen LogP contribution in [0.25, 0.3) is 21.2 Å². The summed E-state index contributed by atoms with van der Waals surface area (Å²) in [6.45, 7) is 23.7. The smallest absolute Gasteiger partial charge is 0.298 e. The van der Waals surface area contributed by atoms with Crippen LogP contribution in [0, 0.1) is 0 Å². The summed E-state index contributed by atoms with van der Waals surface area (Å²) in [6.07, 6.45) is 0. The first-order valence-electron chi connectivity index (χ1n) is 29.0. The van der Waals surface area contributed by atoms with Crippen molar-refractivity contribution < 1.29 is 27.7 Å². The minimum atomic E-state index is -1.33. The van der Waals surface area contributed by atoms with E-state index in [2.05, 4.69) is 0 Å². The molecule has 2 aliphatic heterocycles. The van der Waals surface area contributed by atoms with Crippen LogP contribution in [-0.4, -0.2) is 6.71 Å². The van der Waals surface area contributed by atoms with E-state index in [1.54, 1.807) is 76.2 Å². The van der Waals surface area contributed by atoms with Crippen LogP contribution in [0.1, 0.15) is 154 Å². The van der Waals surface area contributed by atoms with Gasteiger partial charge in [0.1, 0.15) is 5.76 Å². The van der Waals surface area contributed by atoms with Crippen molar-refractivity contribution in [3.05, 3.63) is 136 Å². The Morgan fingerprint density at radius 1 is 0.583 bits per heavy atom. The summed E-state index contributed by atoms with van der Waals surface area (Å²) in [5.74, 6) is 0.149. The second-order valence-electron chi connectivity index (χ2n) is 21.0. The lowest BCUT2D eigenvalue weighted by Gasteiger charge is -2.43. The minimum Gasteiger partial charge on any atom is -0.471 e. The molecule has 5 heteroatoms. The van der Waals surface area contributed by atoms with Gasteiger partial charge in [-0.05, 0) is 127 Å². The van der Waals surface area contributed by atoms with Gasteiger partial charge in [0, 0.05) is 38.4 Å². The van der Waals surface area contributed by atoms with Crippen LogP contribution in [0.5, 0.6) is 0 Å². The summed E-state index contributed by atoms with van der Waals surface area (Å²) >= 11 is 0.980. The van der Waals surface area contributed by atoms with E-state index < -0.39 is 76.1 Å². The van der Waals surface area contributed by atoms with Gasteiger partial charge in [-0.3, -0.25) is 0 Å². The van der Waals surface area contributed by atoms with Gasteiger partial charge < -0.3 is 14.2 Å². The van der Waals surface area contributed by atoms with Gasteiger partial charge >= 0.3 is 0 Å². The SMILES string of the molecule is [2H]c1c([2H])c([2H])c2c(c1[2H])-c1c(oc3c1N(c1c([2H])c([2H])c(C(C)(C)C)c([2H])c1[2H])c1c([2H])c(C(C)(C)C)c([2H])c4c1B3c1c(sc3c([2H])c([2H])c(C(C)(C)C)c([2H])c13)N4c1c([2H])c([2H])c(C(C)(C)C)c([2H])c1[2H])C2(C)C. The molecule has 0 fully saturated rings. The number of nitrogens with zero attached hydrogens (tertiary/aromatic N) is 2. The van der Waals surface area contributed by atoms with Crippen molar-refractivity contribution in [2.45, 2.75) is 124 Å². The molecule has 0 N–H and O–H groups in total. The van der Waals surface area contributed by atoms with Crippen LogP contribution in [0.3, 0.4) is 0 Å². The largest absolute Gasteiger partial charge is 0.471 e. The van der Waals surface area contributed by atoms with E-state index in [0.29, 0.717) is 0 Å². The summed E-state index contributed by atoms with van der Waals surface area (Å²) in [4.78, 5) is 2.85. The molecule has 3 nitrogen and oxygen atoms in total. The maximum absolute atomic E-state index is 10.6. The van der Waals surface area contributed by atoms with Crippen molar-refractivity contribution >= 4 is 78.2 Å². The Balaban J connectivity index is 1.55. The highest BCUT2D eigenvalue weighted by molar-refractivity contribution is 7.26. The van der Waals surface area contributed by atoms with Gasteiger partial charge in [-0.2, -0.15) is 0 Å². The van der Waals surface area contributed by atoms with Crippen LogP contribution in [-0.2, 0) is 27.1 Å². The Morgan fingerprint density at radius 2 is 1.10 bits per heavy atom. The van der Waals surface area contributed by atoms with Crippen LogP contribution in [0.15, 0.2) is 107 Å². The Kier molecular flexibility index (Phi) is 5.11. The van der Waals surface area contributed by atoms with Crippen LogP contribution in [0.4, 0.5) is 33.4 Å². The van der Waals surface area contributed by atoms with Crippen LogP contribution < -0.4 is 26.4 Å². The predicted molar refractivity (Wildman–Crippen MR) is 260 cm³/mol. The van der Waals surface area contributed by atoms with E-state index >= 15 is 0 Å². The summed E-state index contributed by atoms with van der Waals surface area (Å²) in [5, 5.41) is 0.348. The molecule has 5 aromatic carbocycles. The monoisotopic (exact) mass is 824 g/mol. The molecule has 0 unspecified atom stereocenters. The normalized spacial score (nSPS) is 19.5. The number of fused-ring (bicyclic) bond motifs is 10. The van der Waals surface area contributed by atoms with Crippen molar-refractivity contribution in [3.8, 4) is 11.1 Å². The highest BCUT2D eigenvalue weighted by Gasteiger charge is 2.53. The number of thiophene rings is 1.